The van der Waals surface area contributed by atoms with Gasteiger partial charge in [-0.1, -0.05) is 13.8 Å². The molecule has 2 N–H and O–H groups in total. The molecule has 0 aliphatic heterocycles. The third-order valence-electron chi connectivity index (χ3n) is 5.06. The molecule has 0 spiro atoms. The molecule has 5 heteroatoms. The molecule has 1 amide bonds. The predicted octanol–water partition coefficient (Wildman–Crippen LogP) is 3.36. The van der Waals surface area contributed by atoms with Gasteiger partial charge in [0.1, 0.15) is 0 Å². The van der Waals surface area contributed by atoms with Crippen LogP contribution in [0.3, 0.4) is 0 Å². The summed E-state index contributed by atoms with van der Waals surface area (Å²) in [6, 6.07) is 5.60. The second-order valence-electron chi connectivity index (χ2n) is 7.23. The Hall–Kier alpha value is -2.30. The summed E-state index contributed by atoms with van der Waals surface area (Å²) >= 11 is 0. The summed E-state index contributed by atoms with van der Waals surface area (Å²) in [6.45, 7) is 5.75. The number of fused-ring (bicyclic) bond motifs is 3. The maximum Gasteiger partial charge on any atom is 0.338 e. The number of esters is 1. The largest absolute Gasteiger partial charge is 0.452 e. The van der Waals surface area contributed by atoms with Gasteiger partial charge in [-0.25, -0.2) is 4.79 Å². The smallest absolute Gasteiger partial charge is 0.338 e. The molecule has 25 heavy (non-hydrogen) atoms. The number of aromatic nitrogens is 1. The van der Waals surface area contributed by atoms with Crippen molar-refractivity contribution in [2.75, 3.05) is 6.61 Å². The highest BCUT2D eigenvalue weighted by Crippen LogP contribution is 2.29. The molecule has 1 aromatic carbocycles. The van der Waals surface area contributed by atoms with E-state index in [1.54, 1.807) is 6.07 Å². The zero-order chi connectivity index (χ0) is 18.0. The van der Waals surface area contributed by atoms with Gasteiger partial charge < -0.3 is 15.0 Å². The molecule has 1 heterocycles. The molecule has 2 aromatic rings. The normalized spacial score (nSPS) is 15.0. The van der Waals surface area contributed by atoms with Gasteiger partial charge in [0, 0.05) is 22.6 Å². The number of hydrogen-bond acceptors (Lipinski definition) is 3. The number of H-pyrrole nitrogens is 1. The van der Waals surface area contributed by atoms with Crippen molar-refractivity contribution in [2.45, 2.75) is 52.5 Å². The molecule has 3 rings (SSSR count). The molecule has 0 saturated heterocycles. The zero-order valence-corrected chi connectivity index (χ0v) is 15.1. The van der Waals surface area contributed by atoms with Crippen LogP contribution in [-0.4, -0.2) is 29.5 Å². The summed E-state index contributed by atoms with van der Waals surface area (Å²) in [7, 11) is 0. The fourth-order valence-corrected chi connectivity index (χ4v) is 3.21. The number of ether oxygens (including phenoxy) is 1. The molecule has 0 radical (unpaired) electrons. The van der Waals surface area contributed by atoms with Crippen molar-refractivity contribution in [3.05, 3.63) is 35.0 Å². The first-order valence-corrected chi connectivity index (χ1v) is 9.05. The molecule has 1 aliphatic carbocycles. The quantitative estimate of drug-likeness (QED) is 0.819. The number of rotatable bonds is 5. The van der Waals surface area contributed by atoms with Gasteiger partial charge in [0.15, 0.2) is 6.61 Å². The Morgan fingerprint density at radius 3 is 2.72 bits per heavy atom. The lowest BCUT2D eigenvalue weighted by atomic mass is 9.95. The zero-order valence-electron chi connectivity index (χ0n) is 15.1. The van der Waals surface area contributed by atoms with E-state index in [0.717, 1.165) is 23.7 Å². The van der Waals surface area contributed by atoms with Crippen LogP contribution in [0.5, 0.6) is 0 Å². The van der Waals surface area contributed by atoms with Crippen LogP contribution in [0.1, 0.15) is 55.2 Å². The number of benzene rings is 1. The van der Waals surface area contributed by atoms with Gasteiger partial charge in [0.05, 0.1) is 5.56 Å². The maximum atomic E-state index is 12.3. The third kappa shape index (κ3) is 3.86. The Morgan fingerprint density at radius 1 is 1.20 bits per heavy atom. The average molecular weight is 342 g/mol. The Morgan fingerprint density at radius 2 is 1.96 bits per heavy atom. The van der Waals surface area contributed by atoms with Crippen molar-refractivity contribution in [3.8, 4) is 0 Å². The highest BCUT2D eigenvalue weighted by atomic mass is 16.5. The number of hydrogen-bond donors (Lipinski definition) is 2. The van der Waals surface area contributed by atoms with Gasteiger partial charge >= 0.3 is 5.97 Å². The fraction of sp³-hybridized carbons (Fsp3) is 0.500. The van der Waals surface area contributed by atoms with E-state index in [2.05, 4.69) is 10.3 Å². The van der Waals surface area contributed by atoms with E-state index in [4.69, 9.17) is 4.74 Å². The van der Waals surface area contributed by atoms with E-state index in [1.165, 1.54) is 24.1 Å². The SMILES string of the molecule is CC(C)C(C)NC(=O)COC(=O)c1ccc2[nH]c3c(c2c1)CCCC3. The first-order chi connectivity index (χ1) is 12.0. The Kier molecular flexibility index (Phi) is 5.11. The fourth-order valence-electron chi connectivity index (χ4n) is 3.21. The summed E-state index contributed by atoms with van der Waals surface area (Å²) in [5, 5.41) is 3.93. The molecular weight excluding hydrogens is 316 g/mol. The van der Waals surface area contributed by atoms with E-state index in [1.807, 2.05) is 32.9 Å². The van der Waals surface area contributed by atoms with Crippen molar-refractivity contribution >= 4 is 22.8 Å². The summed E-state index contributed by atoms with van der Waals surface area (Å²) in [6.07, 6.45) is 4.50. The lowest BCUT2D eigenvalue weighted by Crippen LogP contribution is -2.38. The van der Waals surface area contributed by atoms with Crippen LogP contribution >= 0.6 is 0 Å². The second kappa shape index (κ2) is 7.30. The molecule has 1 aromatic heterocycles. The lowest BCUT2D eigenvalue weighted by molar-refractivity contribution is -0.125. The number of aromatic amines is 1. The van der Waals surface area contributed by atoms with E-state index >= 15 is 0 Å². The molecule has 1 unspecified atom stereocenters. The summed E-state index contributed by atoms with van der Waals surface area (Å²) in [4.78, 5) is 27.6. The molecule has 0 fully saturated rings. The molecule has 134 valence electrons. The summed E-state index contributed by atoms with van der Waals surface area (Å²) in [5.41, 5.74) is 4.16. The van der Waals surface area contributed by atoms with Crippen molar-refractivity contribution in [3.63, 3.8) is 0 Å². The second-order valence-corrected chi connectivity index (χ2v) is 7.23. The standard InChI is InChI=1S/C20H26N2O3/c1-12(2)13(3)21-19(23)11-25-20(24)14-8-9-18-16(10-14)15-6-4-5-7-17(15)22-18/h8-10,12-13,22H,4-7,11H2,1-3H3,(H,21,23). The molecule has 1 atom stereocenters. The Bertz CT molecular complexity index is 792. The minimum absolute atomic E-state index is 0.0499. The van der Waals surface area contributed by atoms with Gasteiger partial charge in [-0.3, -0.25) is 4.79 Å². The predicted molar refractivity (Wildman–Crippen MR) is 97.7 cm³/mol. The van der Waals surface area contributed by atoms with Crippen LogP contribution in [0.25, 0.3) is 10.9 Å². The van der Waals surface area contributed by atoms with E-state index in [0.29, 0.717) is 11.5 Å². The average Bonchev–Trinajstić information content (AvgIpc) is 2.97. The summed E-state index contributed by atoms with van der Waals surface area (Å²) in [5.74, 6) is -0.392. The number of aryl methyl sites for hydroxylation is 2. The number of carbonyl (C=O) groups excluding carboxylic acids is 2. The van der Waals surface area contributed by atoms with E-state index in [9.17, 15) is 9.59 Å². The van der Waals surface area contributed by atoms with Crippen molar-refractivity contribution in [1.29, 1.82) is 0 Å². The highest BCUT2D eigenvalue weighted by molar-refractivity contribution is 5.97. The number of amides is 1. The van der Waals surface area contributed by atoms with Crippen LogP contribution in [-0.2, 0) is 22.4 Å². The van der Waals surface area contributed by atoms with Crippen LogP contribution in [0.4, 0.5) is 0 Å². The molecule has 1 aliphatic rings. The monoisotopic (exact) mass is 342 g/mol. The maximum absolute atomic E-state index is 12.3. The van der Waals surface area contributed by atoms with Crippen LogP contribution in [0, 0.1) is 5.92 Å². The minimum atomic E-state index is -0.458. The van der Waals surface area contributed by atoms with Crippen LogP contribution in [0.2, 0.25) is 0 Å². The van der Waals surface area contributed by atoms with Crippen LogP contribution < -0.4 is 5.32 Å². The lowest BCUT2D eigenvalue weighted by Gasteiger charge is -2.17. The van der Waals surface area contributed by atoms with Gasteiger partial charge in [-0.2, -0.15) is 0 Å². The molecular formula is C20H26N2O3. The van der Waals surface area contributed by atoms with Crippen molar-refractivity contribution in [1.82, 2.24) is 10.3 Å². The van der Waals surface area contributed by atoms with Crippen LogP contribution in [0.15, 0.2) is 18.2 Å². The third-order valence-corrected chi connectivity index (χ3v) is 5.06. The highest BCUT2D eigenvalue weighted by Gasteiger charge is 2.18. The number of nitrogens with one attached hydrogen (secondary N) is 2. The number of carbonyl (C=O) groups is 2. The summed E-state index contributed by atoms with van der Waals surface area (Å²) < 4.78 is 5.18. The van der Waals surface area contributed by atoms with Crippen molar-refractivity contribution < 1.29 is 14.3 Å². The topological polar surface area (TPSA) is 71.2 Å². The van der Waals surface area contributed by atoms with Gasteiger partial charge in [0.25, 0.3) is 5.91 Å². The molecule has 0 bridgehead atoms. The first-order valence-electron chi connectivity index (χ1n) is 9.05. The van der Waals surface area contributed by atoms with E-state index < -0.39 is 5.97 Å². The first kappa shape index (κ1) is 17.5. The van der Waals surface area contributed by atoms with Gasteiger partial charge in [-0.05, 0) is 62.3 Å². The van der Waals surface area contributed by atoms with Gasteiger partial charge in [-0.15, -0.1) is 0 Å². The van der Waals surface area contributed by atoms with Crippen molar-refractivity contribution in [2.24, 2.45) is 5.92 Å². The molecule has 0 saturated carbocycles. The minimum Gasteiger partial charge on any atom is -0.452 e. The molecule has 5 nitrogen and oxygen atoms in total. The van der Waals surface area contributed by atoms with Gasteiger partial charge in [0.2, 0.25) is 0 Å². The van der Waals surface area contributed by atoms with E-state index in [-0.39, 0.29) is 18.6 Å². The Balaban J connectivity index is 1.67. The Labute approximate surface area is 148 Å².